The van der Waals surface area contributed by atoms with E-state index in [1.54, 1.807) is 13.2 Å². The van der Waals surface area contributed by atoms with E-state index in [0.29, 0.717) is 12.2 Å². The van der Waals surface area contributed by atoms with Gasteiger partial charge in [0.05, 0.1) is 5.02 Å². The Kier molecular flexibility index (Phi) is 6.65. The second-order valence-corrected chi connectivity index (χ2v) is 9.02. The molecular weight excluding hydrogens is 357 g/mol. The molecular formula is C12H15Cl2NO4S2. The van der Waals surface area contributed by atoms with Crippen LogP contribution in [0.3, 0.4) is 0 Å². The van der Waals surface area contributed by atoms with Crippen LogP contribution in [-0.4, -0.2) is 36.6 Å². The Hall–Kier alpha value is -0.630. The maximum atomic E-state index is 12.0. The van der Waals surface area contributed by atoms with Crippen LogP contribution in [0.2, 0.25) is 5.02 Å². The van der Waals surface area contributed by atoms with Crippen molar-refractivity contribution in [3.63, 3.8) is 0 Å². The molecule has 0 aromatic heterocycles. The third kappa shape index (κ3) is 5.94. The van der Waals surface area contributed by atoms with Crippen LogP contribution in [0.5, 0.6) is 0 Å². The highest BCUT2D eigenvalue weighted by Crippen LogP contribution is 2.25. The summed E-state index contributed by atoms with van der Waals surface area (Å²) < 4.78 is 33.7. The van der Waals surface area contributed by atoms with Crippen LogP contribution in [0, 0.1) is 0 Å². The van der Waals surface area contributed by atoms with Crippen molar-refractivity contribution in [3.05, 3.63) is 28.8 Å². The van der Waals surface area contributed by atoms with E-state index in [1.165, 1.54) is 12.1 Å². The minimum absolute atomic E-state index is 0.0454. The number of hydrogen-bond acceptors (Lipinski definition) is 4. The normalized spacial score (nSPS) is 14.5. The molecule has 21 heavy (non-hydrogen) atoms. The van der Waals surface area contributed by atoms with Crippen molar-refractivity contribution in [1.29, 1.82) is 0 Å². The zero-order valence-electron chi connectivity index (χ0n) is 11.4. The first-order chi connectivity index (χ1) is 9.61. The van der Waals surface area contributed by atoms with Crippen molar-refractivity contribution in [2.24, 2.45) is 0 Å². The quantitative estimate of drug-likeness (QED) is 0.776. The zero-order valence-corrected chi connectivity index (χ0v) is 14.6. The standard InChI is InChI=1S/C12H15Cl2NO4S2/c1-8(5-6-20(2)17)15-12(16)9-3-4-10(13)11(7-9)21(14,18)19/h3-4,7-8H,5-6H2,1-2H3,(H,15,16). The van der Waals surface area contributed by atoms with Crippen LogP contribution in [0.1, 0.15) is 23.7 Å². The van der Waals surface area contributed by atoms with Gasteiger partial charge in [-0.15, -0.1) is 0 Å². The Labute approximate surface area is 135 Å². The lowest BCUT2D eigenvalue weighted by molar-refractivity contribution is 0.0939. The molecule has 0 aliphatic rings. The molecule has 0 fully saturated rings. The third-order valence-corrected chi connectivity index (χ3v) is 5.29. The predicted octanol–water partition coefficient (Wildman–Crippen LogP) is 2.15. The maximum absolute atomic E-state index is 12.0. The molecule has 0 bridgehead atoms. The van der Waals surface area contributed by atoms with Gasteiger partial charge in [0.2, 0.25) is 0 Å². The van der Waals surface area contributed by atoms with Crippen LogP contribution in [0.15, 0.2) is 23.1 Å². The summed E-state index contributed by atoms with van der Waals surface area (Å²) >= 11 is 5.75. The summed E-state index contributed by atoms with van der Waals surface area (Å²) in [6.07, 6.45) is 2.15. The van der Waals surface area contributed by atoms with Crippen LogP contribution >= 0.6 is 22.3 Å². The number of nitrogens with one attached hydrogen (secondary N) is 1. The first-order valence-corrected chi connectivity index (χ1v) is 10.4. The molecule has 0 saturated heterocycles. The lowest BCUT2D eigenvalue weighted by Crippen LogP contribution is -2.33. The van der Waals surface area contributed by atoms with Crippen molar-refractivity contribution >= 4 is 48.0 Å². The Morgan fingerprint density at radius 2 is 2.05 bits per heavy atom. The molecule has 9 heteroatoms. The second-order valence-electron chi connectivity index (χ2n) is 4.52. The molecule has 0 radical (unpaired) electrons. The fraction of sp³-hybridized carbons (Fsp3) is 0.417. The van der Waals surface area contributed by atoms with Gasteiger partial charge in [0.15, 0.2) is 0 Å². The lowest BCUT2D eigenvalue weighted by atomic mass is 10.2. The molecule has 0 saturated carbocycles. The van der Waals surface area contributed by atoms with Crippen LogP contribution in [0.25, 0.3) is 0 Å². The molecule has 2 unspecified atom stereocenters. The average Bonchev–Trinajstić information content (AvgIpc) is 2.35. The molecule has 1 aromatic carbocycles. The minimum Gasteiger partial charge on any atom is -0.350 e. The molecule has 118 valence electrons. The van der Waals surface area contributed by atoms with Crippen LogP contribution in [-0.2, 0) is 19.9 Å². The summed E-state index contributed by atoms with van der Waals surface area (Å²) in [6, 6.07) is 3.66. The van der Waals surface area contributed by atoms with E-state index >= 15 is 0 Å². The Morgan fingerprint density at radius 3 is 2.57 bits per heavy atom. The molecule has 0 spiro atoms. The van der Waals surface area contributed by atoms with Crippen molar-refractivity contribution < 1.29 is 17.4 Å². The van der Waals surface area contributed by atoms with Crippen molar-refractivity contribution in [1.82, 2.24) is 5.32 Å². The van der Waals surface area contributed by atoms with Gasteiger partial charge in [0, 0.05) is 45.1 Å². The summed E-state index contributed by atoms with van der Waals surface area (Å²) in [4.78, 5) is 11.7. The van der Waals surface area contributed by atoms with Gasteiger partial charge in [0.1, 0.15) is 4.90 Å². The summed E-state index contributed by atoms with van der Waals surface area (Å²) in [5, 5.41) is 2.65. The molecule has 2 atom stereocenters. The molecule has 1 amide bonds. The number of halogens is 2. The first-order valence-electron chi connectivity index (χ1n) is 5.96. The third-order valence-electron chi connectivity index (χ3n) is 2.67. The number of benzene rings is 1. The average molecular weight is 372 g/mol. The summed E-state index contributed by atoms with van der Waals surface area (Å²) in [5.74, 6) is 0.0335. The van der Waals surface area contributed by atoms with E-state index in [1.807, 2.05) is 0 Å². The van der Waals surface area contributed by atoms with Gasteiger partial charge in [-0.25, -0.2) is 8.42 Å². The van der Waals surface area contributed by atoms with E-state index in [-0.39, 0.29) is 21.5 Å². The van der Waals surface area contributed by atoms with E-state index in [0.717, 1.165) is 6.07 Å². The van der Waals surface area contributed by atoms with Crippen molar-refractivity contribution in [2.45, 2.75) is 24.3 Å². The summed E-state index contributed by atoms with van der Waals surface area (Å²) in [5.41, 5.74) is 0.142. The largest absolute Gasteiger partial charge is 0.350 e. The predicted molar refractivity (Wildman–Crippen MR) is 85.0 cm³/mol. The molecule has 5 nitrogen and oxygen atoms in total. The molecule has 1 aromatic rings. The van der Waals surface area contributed by atoms with Gasteiger partial charge >= 0.3 is 0 Å². The van der Waals surface area contributed by atoms with Gasteiger partial charge in [-0.2, -0.15) is 0 Å². The molecule has 1 N–H and O–H groups in total. The number of amides is 1. The Balaban J connectivity index is 2.87. The topological polar surface area (TPSA) is 80.3 Å². The highest BCUT2D eigenvalue weighted by atomic mass is 35.7. The number of rotatable bonds is 6. The van der Waals surface area contributed by atoms with Gasteiger partial charge in [0.25, 0.3) is 15.0 Å². The van der Waals surface area contributed by atoms with E-state index < -0.39 is 25.8 Å². The SMILES string of the molecule is CC(CCS(C)=O)NC(=O)c1ccc(Cl)c(S(=O)(=O)Cl)c1. The first kappa shape index (κ1) is 18.4. The summed E-state index contributed by atoms with van der Waals surface area (Å²) in [7, 11) is 0.304. The Morgan fingerprint density at radius 1 is 1.43 bits per heavy atom. The van der Waals surface area contributed by atoms with Crippen molar-refractivity contribution in [3.8, 4) is 0 Å². The number of hydrogen-bond donors (Lipinski definition) is 1. The molecule has 0 aliphatic carbocycles. The van der Waals surface area contributed by atoms with E-state index in [4.69, 9.17) is 22.3 Å². The fourth-order valence-corrected chi connectivity index (χ4v) is 3.73. The van der Waals surface area contributed by atoms with Crippen LogP contribution in [0.4, 0.5) is 0 Å². The van der Waals surface area contributed by atoms with Crippen molar-refractivity contribution in [2.75, 3.05) is 12.0 Å². The monoisotopic (exact) mass is 371 g/mol. The molecule has 0 heterocycles. The van der Waals surface area contributed by atoms with E-state index in [9.17, 15) is 17.4 Å². The molecule has 0 aliphatic heterocycles. The lowest BCUT2D eigenvalue weighted by Gasteiger charge is -2.13. The highest BCUT2D eigenvalue weighted by molar-refractivity contribution is 8.13. The minimum atomic E-state index is -4.02. The van der Waals surface area contributed by atoms with Gasteiger partial charge in [-0.3, -0.25) is 9.00 Å². The highest BCUT2D eigenvalue weighted by Gasteiger charge is 2.18. The van der Waals surface area contributed by atoms with Crippen LogP contribution < -0.4 is 5.32 Å². The maximum Gasteiger partial charge on any atom is 0.262 e. The fourth-order valence-electron chi connectivity index (χ4n) is 1.55. The smallest absolute Gasteiger partial charge is 0.262 e. The number of carbonyl (C=O) groups excluding carboxylic acids is 1. The zero-order chi connectivity index (χ0) is 16.2. The van der Waals surface area contributed by atoms with E-state index in [2.05, 4.69) is 5.32 Å². The number of carbonyl (C=O) groups is 1. The van der Waals surface area contributed by atoms with Gasteiger partial charge in [-0.05, 0) is 31.5 Å². The van der Waals surface area contributed by atoms with Gasteiger partial charge in [-0.1, -0.05) is 11.6 Å². The summed E-state index contributed by atoms with van der Waals surface area (Å²) in [6.45, 7) is 1.78. The Bertz CT molecular complexity index is 661. The van der Waals surface area contributed by atoms with Gasteiger partial charge < -0.3 is 5.32 Å². The molecule has 1 rings (SSSR count). The second kappa shape index (κ2) is 7.58.